The highest BCUT2D eigenvalue weighted by atomic mass is 16.5. The molecule has 3 aliphatic rings. The van der Waals surface area contributed by atoms with Crippen LogP contribution in [0.4, 0.5) is 0 Å². The average molecular weight is 802 g/mol. The Morgan fingerprint density at radius 1 is 0.814 bits per heavy atom. The molecule has 3 aliphatic heterocycles. The van der Waals surface area contributed by atoms with Gasteiger partial charge in [-0.15, -0.1) is 0 Å². The zero-order valence-electron chi connectivity index (χ0n) is 35.2. The fraction of sp³-hybridized carbons (Fsp3) is 0.458. The fourth-order valence-corrected chi connectivity index (χ4v) is 8.84. The lowest BCUT2D eigenvalue weighted by Gasteiger charge is -2.41. The van der Waals surface area contributed by atoms with Gasteiger partial charge in [-0.2, -0.15) is 0 Å². The Morgan fingerprint density at radius 3 is 2.19 bits per heavy atom. The maximum atomic E-state index is 15.4. The number of aromatic nitrogens is 1. The van der Waals surface area contributed by atoms with Gasteiger partial charge in [0.1, 0.15) is 0 Å². The number of aromatic carboxylic acids is 1. The topological polar surface area (TPSA) is 116 Å². The zero-order chi connectivity index (χ0) is 41.6. The first kappa shape index (κ1) is 41.9. The summed E-state index contributed by atoms with van der Waals surface area (Å²) in [4.78, 5) is 63.1. The van der Waals surface area contributed by atoms with Crippen LogP contribution in [0.2, 0.25) is 0 Å². The molecule has 1 N–H and O–H groups in total. The highest BCUT2D eigenvalue weighted by Gasteiger charge is 2.35. The molecule has 1 aromatic heterocycles. The third-order valence-corrected chi connectivity index (χ3v) is 12.6. The number of carbonyl (C=O) groups is 4. The maximum Gasteiger partial charge on any atom is 0.335 e. The molecule has 7 rings (SSSR count). The molecule has 1 fully saturated rings. The zero-order valence-corrected chi connectivity index (χ0v) is 35.2. The molecule has 11 nitrogen and oxygen atoms in total. The van der Waals surface area contributed by atoms with Crippen LogP contribution in [0, 0.1) is 6.92 Å². The quantitative estimate of drug-likeness (QED) is 0.150. The number of carbonyl (C=O) groups excluding carboxylic acids is 3. The van der Waals surface area contributed by atoms with Gasteiger partial charge in [-0.1, -0.05) is 63.1 Å². The van der Waals surface area contributed by atoms with E-state index in [-0.39, 0.29) is 35.7 Å². The summed E-state index contributed by atoms with van der Waals surface area (Å²) in [7, 11) is 1.99. The third-order valence-electron chi connectivity index (χ3n) is 12.6. The van der Waals surface area contributed by atoms with E-state index in [0.717, 1.165) is 90.9 Å². The van der Waals surface area contributed by atoms with Crippen LogP contribution in [0.15, 0.2) is 66.7 Å². The first-order chi connectivity index (χ1) is 28.6. The minimum absolute atomic E-state index is 0.0297. The van der Waals surface area contributed by atoms with Crippen LogP contribution in [0.5, 0.6) is 0 Å². The lowest BCUT2D eigenvalue weighted by molar-refractivity contribution is -0.131. The molecule has 3 amide bonds. The van der Waals surface area contributed by atoms with Gasteiger partial charge >= 0.3 is 5.97 Å². The molecule has 3 aromatic carbocycles. The Kier molecular flexibility index (Phi) is 13.3. The second-order valence-electron chi connectivity index (χ2n) is 16.5. The van der Waals surface area contributed by atoms with Crippen LogP contribution in [0.3, 0.4) is 0 Å². The molecule has 1 atom stereocenters. The summed E-state index contributed by atoms with van der Waals surface area (Å²) in [6, 6.07) is 20.9. The van der Waals surface area contributed by atoms with Crippen LogP contribution in [0.1, 0.15) is 104 Å². The van der Waals surface area contributed by atoms with Crippen molar-refractivity contribution < 1.29 is 29.0 Å². The normalized spacial score (nSPS) is 16.7. The van der Waals surface area contributed by atoms with E-state index in [4.69, 9.17) is 4.74 Å². The summed E-state index contributed by atoms with van der Waals surface area (Å²) >= 11 is 0. The third kappa shape index (κ3) is 9.31. The van der Waals surface area contributed by atoms with E-state index >= 15 is 4.79 Å². The number of hydrogen-bond acceptors (Lipinski definition) is 6. The number of carboxylic acids is 1. The average Bonchev–Trinajstić information content (AvgIpc) is 3.55. The number of carboxylic acid groups (broad SMARTS) is 1. The maximum absolute atomic E-state index is 15.4. The number of hydrogen-bond donors (Lipinski definition) is 1. The van der Waals surface area contributed by atoms with Gasteiger partial charge in [-0.25, -0.2) is 4.79 Å². The number of unbranched alkanes of at least 4 members (excludes halogenated alkanes) is 2. The Labute approximate surface area is 348 Å². The summed E-state index contributed by atoms with van der Waals surface area (Å²) in [5, 5.41) is 9.33. The molecule has 0 radical (unpaired) electrons. The van der Waals surface area contributed by atoms with Gasteiger partial charge in [0.2, 0.25) is 5.91 Å². The molecule has 4 heterocycles. The molecule has 11 heteroatoms. The van der Waals surface area contributed by atoms with Gasteiger partial charge in [0.05, 0.1) is 30.8 Å². The van der Waals surface area contributed by atoms with Crippen molar-refractivity contribution in [1.29, 1.82) is 0 Å². The summed E-state index contributed by atoms with van der Waals surface area (Å²) in [5.41, 5.74) is 9.09. The van der Waals surface area contributed by atoms with E-state index in [0.29, 0.717) is 63.5 Å². The van der Waals surface area contributed by atoms with Gasteiger partial charge in [0.25, 0.3) is 11.8 Å². The van der Waals surface area contributed by atoms with Crippen molar-refractivity contribution in [3.8, 4) is 11.3 Å². The van der Waals surface area contributed by atoms with Crippen molar-refractivity contribution in [2.75, 3.05) is 52.5 Å². The standard InChI is InChI=1S/C48H59N5O6/c1-5-7-18-51(19-8-6-2)46(55)41-29-44(49(4)33(41)3)42-27-37-17-20-52(45(54)25-34-13-15-35(16-14-34)48(57)58)30-39(37)28-43(42)47(56)53-31-38-12-10-9-11-36(38)26-40(53)32-50-21-23-59-24-22-50/h9-16,27-29,40H,5-8,17-26,30-32H2,1-4H3,(H,57,58)/t40-/m0/s1. The van der Waals surface area contributed by atoms with Crippen LogP contribution in [0.25, 0.3) is 11.3 Å². The number of morpholine rings is 1. The molecule has 312 valence electrons. The van der Waals surface area contributed by atoms with Crippen LogP contribution >= 0.6 is 0 Å². The molecule has 59 heavy (non-hydrogen) atoms. The number of fused-ring (bicyclic) bond motifs is 2. The Bertz CT molecular complexity index is 2160. The number of ether oxygens (including phenoxy) is 1. The molecule has 1 saturated heterocycles. The van der Waals surface area contributed by atoms with Crippen LogP contribution in [-0.4, -0.2) is 111 Å². The van der Waals surface area contributed by atoms with E-state index < -0.39 is 5.97 Å². The molecule has 0 aliphatic carbocycles. The predicted molar refractivity (Wildman–Crippen MR) is 229 cm³/mol. The minimum atomic E-state index is -1.00. The highest BCUT2D eigenvalue weighted by Crippen LogP contribution is 2.36. The lowest BCUT2D eigenvalue weighted by Crippen LogP contribution is -2.52. The van der Waals surface area contributed by atoms with Crippen LogP contribution < -0.4 is 0 Å². The molecule has 0 saturated carbocycles. The molecule has 0 spiro atoms. The summed E-state index contributed by atoms with van der Waals surface area (Å²) in [6.45, 7) is 12.8. The van der Waals surface area contributed by atoms with Gasteiger partial charge < -0.3 is 29.1 Å². The van der Waals surface area contributed by atoms with E-state index in [9.17, 15) is 19.5 Å². The molecule has 0 unspecified atom stereocenters. The summed E-state index contributed by atoms with van der Waals surface area (Å²) in [5.74, 6) is -1.08. The SMILES string of the molecule is CCCCN(CCCC)C(=O)c1cc(-c2cc3c(cc2C(=O)N2Cc4ccccc4C[C@H]2CN2CCOCC2)CN(C(=O)Cc2ccc(C(=O)O)cc2)CC3)n(C)c1C. The highest BCUT2D eigenvalue weighted by molar-refractivity contribution is 6.03. The van der Waals surface area contributed by atoms with Crippen molar-refractivity contribution in [1.82, 2.24) is 24.2 Å². The van der Waals surface area contributed by atoms with Gasteiger partial charge in [-0.05, 0) is 90.8 Å². The summed E-state index contributed by atoms with van der Waals surface area (Å²) < 4.78 is 7.73. The van der Waals surface area contributed by atoms with E-state index in [2.05, 4.69) is 52.5 Å². The van der Waals surface area contributed by atoms with E-state index in [1.165, 1.54) is 17.7 Å². The monoisotopic (exact) mass is 801 g/mol. The minimum Gasteiger partial charge on any atom is -0.478 e. The second kappa shape index (κ2) is 18.8. The van der Waals surface area contributed by atoms with Crippen LogP contribution in [-0.2, 0) is 48.9 Å². The van der Waals surface area contributed by atoms with E-state index in [1.54, 1.807) is 12.1 Å². The number of nitrogens with zero attached hydrogens (tertiary/aromatic N) is 5. The van der Waals surface area contributed by atoms with E-state index in [1.807, 2.05) is 42.0 Å². The van der Waals surface area contributed by atoms with Crippen molar-refractivity contribution in [2.24, 2.45) is 7.05 Å². The lowest BCUT2D eigenvalue weighted by atomic mass is 9.89. The largest absolute Gasteiger partial charge is 0.478 e. The van der Waals surface area contributed by atoms with Gasteiger partial charge in [-0.3, -0.25) is 19.3 Å². The number of amides is 3. The van der Waals surface area contributed by atoms with Crippen molar-refractivity contribution >= 4 is 23.7 Å². The molecule has 4 aromatic rings. The predicted octanol–water partition coefficient (Wildman–Crippen LogP) is 6.77. The van der Waals surface area contributed by atoms with Gasteiger partial charge in [0.15, 0.2) is 0 Å². The van der Waals surface area contributed by atoms with Crippen molar-refractivity contribution in [3.63, 3.8) is 0 Å². The second-order valence-corrected chi connectivity index (χ2v) is 16.5. The summed E-state index contributed by atoms with van der Waals surface area (Å²) in [6.07, 6.45) is 5.43. The molecule has 0 bridgehead atoms. The Hall–Kier alpha value is -5.26. The fourth-order valence-electron chi connectivity index (χ4n) is 8.84. The Morgan fingerprint density at radius 2 is 1.51 bits per heavy atom. The van der Waals surface area contributed by atoms with Crippen molar-refractivity contribution in [3.05, 3.63) is 117 Å². The molecular weight excluding hydrogens is 743 g/mol. The smallest absolute Gasteiger partial charge is 0.335 e. The number of rotatable bonds is 14. The Balaban J connectivity index is 1.27. The number of benzene rings is 3. The first-order valence-electron chi connectivity index (χ1n) is 21.5. The first-order valence-corrected chi connectivity index (χ1v) is 21.5. The van der Waals surface area contributed by atoms with Crippen molar-refractivity contribution in [2.45, 2.75) is 84.8 Å². The molecular formula is C48H59N5O6. The van der Waals surface area contributed by atoms with Gasteiger partial charge in [0, 0.05) is 88.0 Å².